The van der Waals surface area contributed by atoms with Crippen molar-refractivity contribution in [1.82, 2.24) is 4.90 Å². The lowest BCUT2D eigenvalue weighted by molar-refractivity contribution is -0.139. The molecule has 1 N–H and O–H groups in total. The Morgan fingerprint density at radius 2 is 1.81 bits per heavy atom. The maximum Gasteiger partial charge on any atom is 0.295 e. The molecular formula is C31H31NO5. The molecule has 2 unspecified atom stereocenters. The van der Waals surface area contributed by atoms with E-state index in [4.69, 9.17) is 9.47 Å². The van der Waals surface area contributed by atoms with Gasteiger partial charge in [-0.05, 0) is 66.8 Å². The summed E-state index contributed by atoms with van der Waals surface area (Å²) in [6.45, 7) is 4.99. The molecule has 0 saturated carbocycles. The predicted molar refractivity (Wildman–Crippen MR) is 142 cm³/mol. The number of aliphatic hydroxyl groups is 1. The van der Waals surface area contributed by atoms with E-state index in [2.05, 4.69) is 0 Å². The van der Waals surface area contributed by atoms with Crippen LogP contribution in [0.5, 0.6) is 11.5 Å². The van der Waals surface area contributed by atoms with Gasteiger partial charge in [-0.1, -0.05) is 49.4 Å². The molecule has 5 rings (SSSR count). The zero-order chi connectivity index (χ0) is 25.9. The summed E-state index contributed by atoms with van der Waals surface area (Å²) in [7, 11) is 0. The normalized spacial score (nSPS) is 20.1. The Labute approximate surface area is 217 Å². The van der Waals surface area contributed by atoms with Gasteiger partial charge in [-0.3, -0.25) is 9.59 Å². The van der Waals surface area contributed by atoms with Crippen molar-refractivity contribution in [1.29, 1.82) is 0 Å². The molecule has 37 heavy (non-hydrogen) atoms. The number of nitrogens with zero attached hydrogens (tertiary/aromatic N) is 1. The van der Waals surface area contributed by atoms with Crippen molar-refractivity contribution in [2.45, 2.75) is 45.3 Å². The van der Waals surface area contributed by atoms with E-state index >= 15 is 0 Å². The first-order valence-corrected chi connectivity index (χ1v) is 12.8. The number of benzene rings is 3. The predicted octanol–water partition coefficient (Wildman–Crippen LogP) is 5.46. The van der Waals surface area contributed by atoms with Crippen LogP contribution in [-0.4, -0.2) is 41.0 Å². The Morgan fingerprint density at radius 1 is 1.05 bits per heavy atom. The third kappa shape index (κ3) is 4.96. The van der Waals surface area contributed by atoms with Crippen LogP contribution in [0, 0.1) is 0 Å². The second-order valence-corrected chi connectivity index (χ2v) is 9.60. The van der Waals surface area contributed by atoms with Gasteiger partial charge in [-0.15, -0.1) is 0 Å². The minimum Gasteiger partial charge on any atom is -0.507 e. The fraction of sp³-hybridized carbons (Fsp3) is 0.290. The molecule has 2 atom stereocenters. The SMILES string of the molecule is CCCOc1ccc(C2/C(=C(\O)c3ccc4c(c3)CC(C)O4)C(=O)C(=O)N2CCc2ccccc2)cc1. The third-order valence-electron chi connectivity index (χ3n) is 6.86. The Kier molecular flexibility index (Phi) is 6.99. The number of ketones is 1. The molecule has 6 heteroatoms. The summed E-state index contributed by atoms with van der Waals surface area (Å²) < 4.78 is 11.5. The van der Waals surface area contributed by atoms with Crippen molar-refractivity contribution in [2.24, 2.45) is 0 Å². The maximum atomic E-state index is 13.4. The highest BCUT2D eigenvalue weighted by Crippen LogP contribution is 2.41. The summed E-state index contributed by atoms with van der Waals surface area (Å²) in [5.74, 6) is 0.0595. The molecule has 2 heterocycles. The quantitative estimate of drug-likeness (QED) is 0.254. The van der Waals surface area contributed by atoms with Crippen LogP contribution in [-0.2, 0) is 22.4 Å². The van der Waals surface area contributed by atoms with Crippen LogP contribution >= 0.6 is 0 Å². The molecule has 1 amide bonds. The molecule has 0 aliphatic carbocycles. The number of carbonyl (C=O) groups excluding carboxylic acids is 2. The number of ether oxygens (including phenoxy) is 2. The average Bonchev–Trinajstić information content (AvgIpc) is 3.42. The van der Waals surface area contributed by atoms with Gasteiger partial charge >= 0.3 is 0 Å². The van der Waals surface area contributed by atoms with Crippen LogP contribution in [0.2, 0.25) is 0 Å². The van der Waals surface area contributed by atoms with Gasteiger partial charge in [-0.2, -0.15) is 0 Å². The third-order valence-corrected chi connectivity index (χ3v) is 6.86. The van der Waals surface area contributed by atoms with Gasteiger partial charge in [0.2, 0.25) is 0 Å². The highest BCUT2D eigenvalue weighted by atomic mass is 16.5. The Bertz CT molecular complexity index is 1330. The first kappa shape index (κ1) is 24.6. The molecule has 2 aliphatic heterocycles. The lowest BCUT2D eigenvalue weighted by Gasteiger charge is -2.25. The van der Waals surface area contributed by atoms with Gasteiger partial charge in [0.05, 0.1) is 18.2 Å². The molecule has 3 aromatic carbocycles. The van der Waals surface area contributed by atoms with Gasteiger partial charge in [0.1, 0.15) is 23.4 Å². The largest absolute Gasteiger partial charge is 0.507 e. The van der Waals surface area contributed by atoms with Crippen LogP contribution < -0.4 is 9.47 Å². The van der Waals surface area contributed by atoms with E-state index in [9.17, 15) is 14.7 Å². The zero-order valence-corrected chi connectivity index (χ0v) is 21.1. The van der Waals surface area contributed by atoms with Gasteiger partial charge in [0.15, 0.2) is 0 Å². The second-order valence-electron chi connectivity index (χ2n) is 9.60. The summed E-state index contributed by atoms with van der Waals surface area (Å²) >= 11 is 0. The minimum atomic E-state index is -0.702. The molecule has 0 radical (unpaired) electrons. The first-order chi connectivity index (χ1) is 18.0. The number of likely N-dealkylation sites (tertiary alicyclic amines) is 1. The van der Waals surface area contributed by atoms with Gasteiger partial charge in [0, 0.05) is 18.5 Å². The van der Waals surface area contributed by atoms with E-state index in [0.717, 1.165) is 41.0 Å². The lowest BCUT2D eigenvalue weighted by Crippen LogP contribution is -2.31. The standard InChI is InChI=1S/C31H31NO5/c1-3-17-36-25-12-9-22(10-13-25)28-27(29(33)23-11-14-26-24(19-23)18-20(2)37-26)30(34)31(35)32(28)16-15-21-7-5-4-6-8-21/h4-14,19-20,28,33H,3,15-18H2,1-2H3/b29-27+. The van der Waals surface area contributed by atoms with Crippen molar-refractivity contribution >= 4 is 17.4 Å². The number of hydrogen-bond acceptors (Lipinski definition) is 5. The minimum absolute atomic E-state index is 0.0596. The van der Waals surface area contributed by atoms with Gasteiger partial charge in [0.25, 0.3) is 11.7 Å². The highest BCUT2D eigenvalue weighted by Gasteiger charge is 2.46. The number of rotatable bonds is 8. The molecule has 1 fully saturated rings. The van der Waals surface area contributed by atoms with E-state index in [-0.39, 0.29) is 17.4 Å². The molecule has 1 saturated heterocycles. The summed E-state index contributed by atoms with van der Waals surface area (Å²) in [4.78, 5) is 28.2. The van der Waals surface area contributed by atoms with Crippen LogP contribution in [0.15, 0.2) is 78.4 Å². The van der Waals surface area contributed by atoms with Crippen molar-refractivity contribution in [3.05, 3.63) is 101 Å². The number of carbonyl (C=O) groups is 2. The van der Waals surface area contributed by atoms with Crippen molar-refractivity contribution < 1.29 is 24.2 Å². The number of aliphatic hydroxyl groups excluding tert-OH is 1. The molecule has 2 aliphatic rings. The van der Waals surface area contributed by atoms with E-state index in [0.29, 0.717) is 25.1 Å². The van der Waals surface area contributed by atoms with Gasteiger partial charge in [-0.25, -0.2) is 0 Å². The fourth-order valence-corrected chi connectivity index (χ4v) is 5.04. The Hall–Kier alpha value is -4.06. The van der Waals surface area contributed by atoms with Crippen LogP contribution in [0.25, 0.3) is 5.76 Å². The summed E-state index contributed by atoms with van der Waals surface area (Å²) in [6, 6.07) is 22.0. The van der Waals surface area contributed by atoms with E-state index in [1.54, 1.807) is 11.0 Å². The van der Waals surface area contributed by atoms with Gasteiger partial charge < -0.3 is 19.5 Å². The van der Waals surface area contributed by atoms with E-state index < -0.39 is 17.7 Å². The zero-order valence-electron chi connectivity index (χ0n) is 21.1. The molecule has 0 aromatic heterocycles. The molecule has 3 aromatic rings. The number of Topliss-reactive ketones (excluding diaryl/α,β-unsaturated/α-hetero) is 1. The molecule has 0 bridgehead atoms. The average molecular weight is 498 g/mol. The topological polar surface area (TPSA) is 76.1 Å². The van der Waals surface area contributed by atoms with Crippen molar-refractivity contribution in [3.63, 3.8) is 0 Å². The second kappa shape index (κ2) is 10.5. The van der Waals surface area contributed by atoms with Crippen LogP contribution in [0.1, 0.15) is 48.6 Å². The van der Waals surface area contributed by atoms with Crippen LogP contribution in [0.4, 0.5) is 0 Å². The van der Waals surface area contributed by atoms with Crippen molar-refractivity contribution in [3.8, 4) is 11.5 Å². The number of amides is 1. The Balaban J connectivity index is 1.54. The molecule has 6 nitrogen and oxygen atoms in total. The number of fused-ring (bicyclic) bond motifs is 1. The number of hydrogen-bond donors (Lipinski definition) is 1. The summed E-state index contributed by atoms with van der Waals surface area (Å²) in [5.41, 5.74) is 3.40. The molecular weight excluding hydrogens is 466 g/mol. The summed E-state index contributed by atoms with van der Waals surface area (Å²) in [6.07, 6.45) is 2.27. The fourth-order valence-electron chi connectivity index (χ4n) is 5.04. The van der Waals surface area contributed by atoms with Crippen molar-refractivity contribution in [2.75, 3.05) is 13.2 Å². The first-order valence-electron chi connectivity index (χ1n) is 12.8. The monoisotopic (exact) mass is 497 g/mol. The smallest absolute Gasteiger partial charge is 0.295 e. The molecule has 190 valence electrons. The Morgan fingerprint density at radius 3 is 2.54 bits per heavy atom. The highest BCUT2D eigenvalue weighted by molar-refractivity contribution is 6.46. The van der Waals surface area contributed by atoms with E-state index in [1.807, 2.05) is 80.6 Å². The molecule has 0 spiro atoms. The maximum absolute atomic E-state index is 13.4. The van der Waals surface area contributed by atoms with Crippen LogP contribution in [0.3, 0.4) is 0 Å². The van der Waals surface area contributed by atoms with E-state index in [1.165, 1.54) is 0 Å². The lowest BCUT2D eigenvalue weighted by atomic mass is 9.94. The summed E-state index contributed by atoms with van der Waals surface area (Å²) in [5, 5.41) is 11.4.